The number of amides is 3. The molecule has 2 aromatic carbocycles. The molecule has 0 radical (unpaired) electrons. The van der Waals surface area contributed by atoms with Crippen molar-refractivity contribution in [1.29, 1.82) is 0 Å². The first kappa shape index (κ1) is 17.4. The average molecular weight is 388 g/mol. The molecular formula is C21H16N4O4. The minimum Gasteiger partial charge on any atom is -0.378 e. The zero-order chi connectivity index (χ0) is 20.0. The van der Waals surface area contributed by atoms with E-state index >= 15 is 0 Å². The van der Waals surface area contributed by atoms with Gasteiger partial charge >= 0.3 is 0 Å². The molecule has 3 heterocycles. The van der Waals surface area contributed by atoms with Gasteiger partial charge in [0.1, 0.15) is 0 Å². The predicted molar refractivity (Wildman–Crippen MR) is 104 cm³/mol. The van der Waals surface area contributed by atoms with Crippen molar-refractivity contribution in [3.8, 4) is 0 Å². The summed E-state index contributed by atoms with van der Waals surface area (Å²) in [5, 5.41) is 0. The molecule has 0 unspecified atom stereocenters. The molecule has 0 saturated carbocycles. The third-order valence-electron chi connectivity index (χ3n) is 5.05. The third kappa shape index (κ3) is 2.85. The van der Waals surface area contributed by atoms with Crippen molar-refractivity contribution < 1.29 is 19.1 Å². The van der Waals surface area contributed by atoms with Crippen molar-refractivity contribution in [3.05, 3.63) is 65.5 Å². The summed E-state index contributed by atoms with van der Waals surface area (Å²) in [5.41, 5.74) is 2.07. The van der Waals surface area contributed by atoms with Gasteiger partial charge in [-0.25, -0.2) is 14.9 Å². The lowest BCUT2D eigenvalue weighted by Crippen LogP contribution is -2.40. The number of anilines is 1. The molecule has 144 valence electrons. The molecular weight excluding hydrogens is 372 g/mol. The van der Waals surface area contributed by atoms with Crippen LogP contribution in [0, 0.1) is 0 Å². The van der Waals surface area contributed by atoms with Crippen LogP contribution in [0.15, 0.2) is 48.5 Å². The summed E-state index contributed by atoms with van der Waals surface area (Å²) in [7, 11) is 0. The number of morpholine rings is 1. The van der Waals surface area contributed by atoms with E-state index < -0.39 is 11.8 Å². The third-order valence-corrected chi connectivity index (χ3v) is 5.05. The van der Waals surface area contributed by atoms with Gasteiger partial charge in [-0.15, -0.1) is 0 Å². The highest BCUT2D eigenvalue weighted by atomic mass is 16.5. The number of hydrogen-bond donors (Lipinski definition) is 0. The first-order chi connectivity index (χ1) is 14.1. The number of imide groups is 1. The van der Waals surface area contributed by atoms with Gasteiger partial charge in [-0.3, -0.25) is 14.4 Å². The maximum atomic E-state index is 12.8. The molecule has 1 aromatic heterocycles. The Balaban J connectivity index is 1.45. The van der Waals surface area contributed by atoms with Crippen molar-refractivity contribution in [3.63, 3.8) is 0 Å². The highest BCUT2D eigenvalue weighted by Gasteiger charge is 2.40. The summed E-state index contributed by atoms with van der Waals surface area (Å²) >= 11 is 0. The second-order valence-electron chi connectivity index (χ2n) is 6.81. The van der Waals surface area contributed by atoms with Gasteiger partial charge in [0, 0.05) is 18.7 Å². The average Bonchev–Trinajstić information content (AvgIpc) is 3.02. The summed E-state index contributed by atoms with van der Waals surface area (Å²) < 4.78 is 5.27. The number of aromatic nitrogens is 2. The van der Waals surface area contributed by atoms with Gasteiger partial charge in [0.15, 0.2) is 11.4 Å². The molecule has 0 bridgehead atoms. The highest BCUT2D eigenvalue weighted by molar-refractivity contribution is 6.33. The van der Waals surface area contributed by atoms with Crippen molar-refractivity contribution >= 4 is 34.4 Å². The monoisotopic (exact) mass is 388 g/mol. The minimum atomic E-state index is -0.518. The number of rotatable bonds is 2. The fraction of sp³-hybridized carbons (Fsp3) is 0.190. The topological polar surface area (TPSA) is 92.7 Å². The molecule has 8 nitrogen and oxygen atoms in total. The van der Waals surface area contributed by atoms with E-state index in [2.05, 4.69) is 9.97 Å². The van der Waals surface area contributed by atoms with E-state index in [9.17, 15) is 14.4 Å². The fourth-order valence-corrected chi connectivity index (χ4v) is 3.54. The normalized spacial score (nSPS) is 16.4. The lowest BCUT2D eigenvalue weighted by molar-refractivity contribution is 0.0303. The number of para-hydroxylation sites is 2. The Kier molecular flexibility index (Phi) is 4.06. The van der Waals surface area contributed by atoms with E-state index in [0.29, 0.717) is 48.6 Å². The van der Waals surface area contributed by atoms with Gasteiger partial charge in [0.25, 0.3) is 17.7 Å². The Hall–Kier alpha value is -3.65. The van der Waals surface area contributed by atoms with E-state index in [4.69, 9.17) is 4.74 Å². The summed E-state index contributed by atoms with van der Waals surface area (Å²) in [6.45, 7) is 2.13. The van der Waals surface area contributed by atoms with Crippen LogP contribution in [0.3, 0.4) is 0 Å². The van der Waals surface area contributed by atoms with Crippen LogP contribution in [0.5, 0.6) is 0 Å². The molecule has 1 fully saturated rings. The summed E-state index contributed by atoms with van der Waals surface area (Å²) in [5.74, 6) is -1.14. The maximum absolute atomic E-state index is 12.8. The molecule has 2 aliphatic rings. The summed E-state index contributed by atoms with van der Waals surface area (Å²) in [6.07, 6.45) is 0. The van der Waals surface area contributed by atoms with Crippen LogP contribution in [0.2, 0.25) is 0 Å². The SMILES string of the molecule is O=C(c1ccc(N2C(=O)c3nc4ccccc4nc3C2=O)cc1)N1CCOCC1. The first-order valence-electron chi connectivity index (χ1n) is 9.26. The quantitative estimate of drug-likeness (QED) is 0.623. The van der Waals surface area contributed by atoms with E-state index in [1.807, 2.05) is 0 Å². The van der Waals surface area contributed by atoms with Crippen molar-refractivity contribution in [2.45, 2.75) is 0 Å². The van der Waals surface area contributed by atoms with Crippen LogP contribution in [0.25, 0.3) is 11.0 Å². The van der Waals surface area contributed by atoms with E-state index in [1.54, 1.807) is 53.4 Å². The number of nitrogens with zero attached hydrogens (tertiary/aromatic N) is 4. The standard InChI is InChI=1S/C21H16N4O4/c26-19(24-9-11-29-12-10-24)13-5-7-14(8-6-13)25-20(27)17-18(21(25)28)23-16-4-2-1-3-15(16)22-17/h1-8H,9-12H2. The Bertz CT molecular complexity index is 1100. The zero-order valence-electron chi connectivity index (χ0n) is 15.4. The Morgan fingerprint density at radius 2 is 1.38 bits per heavy atom. The Morgan fingerprint density at radius 3 is 1.93 bits per heavy atom. The van der Waals surface area contributed by atoms with Gasteiger partial charge in [-0.05, 0) is 36.4 Å². The van der Waals surface area contributed by atoms with E-state index in [0.717, 1.165) is 4.90 Å². The number of ether oxygens (including phenoxy) is 1. The number of carbonyl (C=O) groups is 3. The summed E-state index contributed by atoms with van der Waals surface area (Å²) in [6, 6.07) is 13.5. The molecule has 1 saturated heterocycles. The van der Waals surface area contributed by atoms with Gasteiger partial charge in [0.2, 0.25) is 0 Å². The first-order valence-corrected chi connectivity index (χ1v) is 9.26. The predicted octanol–water partition coefficient (Wildman–Crippen LogP) is 1.90. The van der Waals surface area contributed by atoms with Crippen molar-refractivity contribution in [2.24, 2.45) is 0 Å². The van der Waals surface area contributed by atoms with E-state index in [-0.39, 0.29) is 17.3 Å². The molecule has 29 heavy (non-hydrogen) atoms. The lowest BCUT2D eigenvalue weighted by Gasteiger charge is -2.27. The number of fused-ring (bicyclic) bond motifs is 2. The van der Waals surface area contributed by atoms with Crippen LogP contribution in [-0.4, -0.2) is 58.9 Å². The Morgan fingerprint density at radius 1 is 0.828 bits per heavy atom. The van der Waals surface area contributed by atoms with Crippen LogP contribution < -0.4 is 4.90 Å². The van der Waals surface area contributed by atoms with Crippen molar-refractivity contribution in [2.75, 3.05) is 31.2 Å². The zero-order valence-corrected chi connectivity index (χ0v) is 15.4. The molecule has 8 heteroatoms. The highest BCUT2D eigenvalue weighted by Crippen LogP contribution is 2.28. The van der Waals surface area contributed by atoms with Gasteiger partial charge in [-0.1, -0.05) is 12.1 Å². The molecule has 0 atom stereocenters. The minimum absolute atomic E-state index is 0.0437. The second kappa shape index (κ2) is 6.75. The second-order valence-corrected chi connectivity index (χ2v) is 6.81. The molecule has 0 N–H and O–H groups in total. The Labute approximate surface area is 165 Å². The number of carbonyl (C=O) groups excluding carboxylic acids is 3. The maximum Gasteiger partial charge on any atom is 0.286 e. The fourth-order valence-electron chi connectivity index (χ4n) is 3.54. The van der Waals surface area contributed by atoms with E-state index in [1.165, 1.54) is 0 Å². The van der Waals surface area contributed by atoms with Crippen LogP contribution >= 0.6 is 0 Å². The smallest absolute Gasteiger partial charge is 0.286 e. The van der Waals surface area contributed by atoms with Gasteiger partial charge in [-0.2, -0.15) is 0 Å². The number of benzene rings is 2. The molecule has 3 aromatic rings. The van der Waals surface area contributed by atoms with Crippen LogP contribution in [0.1, 0.15) is 31.3 Å². The van der Waals surface area contributed by atoms with Crippen LogP contribution in [0.4, 0.5) is 5.69 Å². The van der Waals surface area contributed by atoms with Crippen molar-refractivity contribution in [1.82, 2.24) is 14.9 Å². The number of hydrogen-bond acceptors (Lipinski definition) is 6. The summed E-state index contributed by atoms with van der Waals surface area (Å²) in [4.78, 5) is 49.7. The lowest BCUT2D eigenvalue weighted by atomic mass is 10.1. The molecule has 0 aliphatic carbocycles. The molecule has 3 amide bonds. The molecule has 0 spiro atoms. The van der Waals surface area contributed by atoms with Gasteiger partial charge < -0.3 is 9.64 Å². The van der Waals surface area contributed by atoms with Crippen LogP contribution in [-0.2, 0) is 4.74 Å². The van der Waals surface area contributed by atoms with Gasteiger partial charge in [0.05, 0.1) is 29.9 Å². The largest absolute Gasteiger partial charge is 0.378 e. The molecule has 2 aliphatic heterocycles. The molecule has 5 rings (SSSR count).